The minimum Gasteiger partial charge on any atom is -0.381 e. The number of ether oxygens (including phenoxy) is 1. The molecule has 0 radical (unpaired) electrons. The van der Waals surface area contributed by atoms with Gasteiger partial charge in [-0.15, -0.1) is 0 Å². The molecular weight excluding hydrogens is 221 g/mol. The predicted molar refractivity (Wildman–Crippen MR) is 64.0 cm³/mol. The second-order valence-electron chi connectivity index (χ2n) is 4.25. The number of hydrogen-bond donors (Lipinski definition) is 0. The normalized spacial score (nSPS) is 17.2. The van der Waals surface area contributed by atoms with Gasteiger partial charge in [0.25, 0.3) is 0 Å². The summed E-state index contributed by atoms with van der Waals surface area (Å²) in [5.41, 5.74) is 0.947. The van der Waals surface area contributed by atoms with Gasteiger partial charge in [-0.25, -0.2) is 4.39 Å². The average molecular weight is 237 g/mol. The first-order valence-corrected chi connectivity index (χ1v) is 5.77. The van der Waals surface area contributed by atoms with Crippen molar-refractivity contribution in [3.05, 3.63) is 29.6 Å². The Bertz CT molecular complexity index is 400. The van der Waals surface area contributed by atoms with E-state index in [1.165, 1.54) is 6.07 Å². The first-order valence-electron chi connectivity index (χ1n) is 5.77. The lowest BCUT2D eigenvalue weighted by molar-refractivity contribution is 0.0818. The van der Waals surface area contributed by atoms with E-state index in [4.69, 9.17) is 4.74 Å². The predicted octanol–water partition coefficient (Wildman–Crippen LogP) is 2.25. The molecule has 1 aromatic carbocycles. The van der Waals surface area contributed by atoms with Gasteiger partial charge in [0.2, 0.25) is 0 Å². The van der Waals surface area contributed by atoms with Crippen LogP contribution in [0.25, 0.3) is 0 Å². The molecule has 1 saturated heterocycles. The number of nitrogens with zero attached hydrogens (tertiary/aromatic N) is 1. The third-order valence-corrected chi connectivity index (χ3v) is 3.22. The second-order valence-corrected chi connectivity index (χ2v) is 4.25. The maximum absolute atomic E-state index is 13.8. The van der Waals surface area contributed by atoms with Crippen molar-refractivity contribution < 1.29 is 13.9 Å². The van der Waals surface area contributed by atoms with Crippen molar-refractivity contribution >= 4 is 12.0 Å². The van der Waals surface area contributed by atoms with Gasteiger partial charge in [-0.3, -0.25) is 4.79 Å². The Kier molecular flexibility index (Phi) is 3.74. The summed E-state index contributed by atoms with van der Waals surface area (Å²) in [6, 6.07) is 4.60. The van der Waals surface area contributed by atoms with Gasteiger partial charge >= 0.3 is 0 Å². The van der Waals surface area contributed by atoms with Gasteiger partial charge in [-0.05, 0) is 31.0 Å². The fourth-order valence-corrected chi connectivity index (χ4v) is 2.19. The summed E-state index contributed by atoms with van der Waals surface area (Å²) >= 11 is 0. The quantitative estimate of drug-likeness (QED) is 0.755. The van der Waals surface area contributed by atoms with Crippen LogP contribution in [0.15, 0.2) is 18.2 Å². The maximum Gasteiger partial charge on any atom is 0.150 e. The SMILES string of the molecule is COC1CCN(c2ccc(C=O)cc2F)CC1. The van der Waals surface area contributed by atoms with Gasteiger partial charge in [-0.2, -0.15) is 0 Å². The summed E-state index contributed by atoms with van der Waals surface area (Å²) in [7, 11) is 1.71. The molecule has 17 heavy (non-hydrogen) atoms. The lowest BCUT2D eigenvalue weighted by Gasteiger charge is -2.33. The number of piperidine rings is 1. The Labute approximate surface area is 100 Å². The van der Waals surface area contributed by atoms with Crippen molar-refractivity contribution in [2.75, 3.05) is 25.1 Å². The molecule has 0 bridgehead atoms. The van der Waals surface area contributed by atoms with Crippen LogP contribution in [-0.2, 0) is 4.74 Å². The number of hydrogen-bond acceptors (Lipinski definition) is 3. The maximum atomic E-state index is 13.8. The largest absolute Gasteiger partial charge is 0.381 e. The molecule has 0 N–H and O–H groups in total. The average Bonchev–Trinajstić information content (AvgIpc) is 2.39. The summed E-state index contributed by atoms with van der Waals surface area (Å²) in [5.74, 6) is -0.328. The second kappa shape index (κ2) is 5.27. The first-order chi connectivity index (χ1) is 8.24. The fourth-order valence-electron chi connectivity index (χ4n) is 2.19. The molecule has 0 atom stereocenters. The summed E-state index contributed by atoms with van der Waals surface area (Å²) < 4.78 is 19.0. The van der Waals surface area contributed by atoms with Gasteiger partial charge in [0.15, 0.2) is 0 Å². The van der Waals surface area contributed by atoms with Crippen molar-refractivity contribution in [2.24, 2.45) is 0 Å². The van der Waals surface area contributed by atoms with E-state index >= 15 is 0 Å². The first kappa shape index (κ1) is 12.0. The molecule has 1 aromatic rings. The van der Waals surface area contributed by atoms with E-state index in [-0.39, 0.29) is 11.9 Å². The molecule has 1 aliphatic rings. The zero-order chi connectivity index (χ0) is 12.3. The summed E-state index contributed by atoms with van der Waals surface area (Å²) in [4.78, 5) is 12.5. The van der Waals surface area contributed by atoms with Gasteiger partial charge in [0.1, 0.15) is 12.1 Å². The van der Waals surface area contributed by atoms with Crippen LogP contribution in [0.3, 0.4) is 0 Å². The highest BCUT2D eigenvalue weighted by molar-refractivity contribution is 5.76. The van der Waals surface area contributed by atoms with Crippen LogP contribution in [0, 0.1) is 5.82 Å². The van der Waals surface area contributed by atoms with Crippen LogP contribution in [0.1, 0.15) is 23.2 Å². The number of rotatable bonds is 3. The van der Waals surface area contributed by atoms with Crippen LogP contribution >= 0.6 is 0 Å². The molecule has 0 aliphatic carbocycles. The van der Waals surface area contributed by atoms with Crippen molar-refractivity contribution in [2.45, 2.75) is 18.9 Å². The van der Waals surface area contributed by atoms with E-state index in [9.17, 15) is 9.18 Å². The Balaban J connectivity index is 2.10. The minimum absolute atomic E-state index is 0.281. The number of benzene rings is 1. The van der Waals surface area contributed by atoms with Crippen LogP contribution in [0.2, 0.25) is 0 Å². The third-order valence-electron chi connectivity index (χ3n) is 3.22. The van der Waals surface area contributed by atoms with Gasteiger partial charge in [-0.1, -0.05) is 0 Å². The van der Waals surface area contributed by atoms with Crippen molar-refractivity contribution in [1.29, 1.82) is 0 Å². The highest BCUT2D eigenvalue weighted by Crippen LogP contribution is 2.24. The number of methoxy groups -OCH3 is 1. The molecule has 0 amide bonds. The number of carbonyl (C=O) groups is 1. The molecule has 2 rings (SSSR count). The van der Waals surface area contributed by atoms with E-state index in [1.807, 2.05) is 4.90 Å². The van der Waals surface area contributed by atoms with E-state index in [0.29, 0.717) is 17.5 Å². The summed E-state index contributed by atoms with van der Waals surface area (Å²) in [6.45, 7) is 1.58. The lowest BCUT2D eigenvalue weighted by Crippen LogP contribution is -2.37. The highest BCUT2D eigenvalue weighted by atomic mass is 19.1. The number of carbonyl (C=O) groups excluding carboxylic acids is 1. The molecule has 1 fully saturated rings. The zero-order valence-electron chi connectivity index (χ0n) is 9.86. The van der Waals surface area contributed by atoms with Crippen molar-refractivity contribution in [3.63, 3.8) is 0 Å². The monoisotopic (exact) mass is 237 g/mol. The fraction of sp³-hybridized carbons (Fsp3) is 0.462. The summed E-state index contributed by atoms with van der Waals surface area (Å²) in [6.07, 6.45) is 2.75. The Hall–Kier alpha value is -1.42. The molecule has 1 heterocycles. The molecule has 0 saturated carbocycles. The van der Waals surface area contributed by atoms with Gasteiger partial charge in [0, 0.05) is 25.8 Å². The molecule has 1 aliphatic heterocycles. The minimum atomic E-state index is -0.328. The van der Waals surface area contributed by atoms with Crippen molar-refractivity contribution in [1.82, 2.24) is 0 Å². The topological polar surface area (TPSA) is 29.5 Å². The van der Waals surface area contributed by atoms with Crippen molar-refractivity contribution in [3.8, 4) is 0 Å². The third kappa shape index (κ3) is 2.64. The van der Waals surface area contributed by atoms with Gasteiger partial charge in [0.05, 0.1) is 11.8 Å². The van der Waals surface area contributed by atoms with Crippen LogP contribution in [0.5, 0.6) is 0 Å². The standard InChI is InChI=1S/C13H16FNO2/c1-17-11-4-6-15(7-5-11)13-3-2-10(9-16)8-12(13)14/h2-3,8-9,11H,4-7H2,1H3. The Morgan fingerprint density at radius 3 is 2.65 bits per heavy atom. The van der Waals surface area contributed by atoms with Crippen LogP contribution in [-0.4, -0.2) is 32.6 Å². The number of anilines is 1. The summed E-state index contributed by atoms with van der Waals surface area (Å²) in [5, 5.41) is 0. The zero-order valence-corrected chi connectivity index (χ0v) is 9.86. The van der Waals surface area contributed by atoms with Crippen LogP contribution < -0.4 is 4.90 Å². The van der Waals surface area contributed by atoms with E-state index in [2.05, 4.69) is 0 Å². The van der Waals surface area contributed by atoms with Crippen LogP contribution in [0.4, 0.5) is 10.1 Å². The van der Waals surface area contributed by atoms with Gasteiger partial charge < -0.3 is 9.64 Å². The molecule has 3 nitrogen and oxygen atoms in total. The smallest absolute Gasteiger partial charge is 0.150 e. The molecule has 0 spiro atoms. The van der Waals surface area contributed by atoms with E-state index < -0.39 is 0 Å². The number of aldehydes is 1. The van der Waals surface area contributed by atoms with E-state index in [1.54, 1.807) is 19.2 Å². The molecule has 4 heteroatoms. The molecule has 0 aromatic heterocycles. The van der Waals surface area contributed by atoms with E-state index in [0.717, 1.165) is 25.9 Å². The molecule has 92 valence electrons. The molecule has 0 unspecified atom stereocenters. The Morgan fingerprint density at radius 1 is 1.41 bits per heavy atom. The highest BCUT2D eigenvalue weighted by Gasteiger charge is 2.20. The number of halogens is 1. The lowest BCUT2D eigenvalue weighted by atomic mass is 10.1. The Morgan fingerprint density at radius 2 is 2.12 bits per heavy atom. The molecular formula is C13H16FNO2.